The summed E-state index contributed by atoms with van der Waals surface area (Å²) in [4.78, 5) is 19.9. The molecule has 0 aliphatic rings. The van der Waals surface area contributed by atoms with Crippen LogP contribution in [0.25, 0.3) is 27.7 Å². The number of nitrogens with zero attached hydrogens (tertiary/aromatic N) is 3. The van der Waals surface area contributed by atoms with Gasteiger partial charge in [-0.05, 0) is 49.0 Å². The van der Waals surface area contributed by atoms with Crippen molar-refractivity contribution in [2.75, 3.05) is 33.9 Å². The summed E-state index contributed by atoms with van der Waals surface area (Å²) < 4.78 is 12.9. The van der Waals surface area contributed by atoms with Crippen molar-refractivity contribution in [2.24, 2.45) is 0 Å². The Bertz CT molecular complexity index is 1270. The number of rotatable bonds is 8. The average molecular weight is 430 g/mol. The third kappa shape index (κ3) is 4.50. The van der Waals surface area contributed by atoms with Crippen LogP contribution in [-0.4, -0.2) is 48.3 Å². The van der Waals surface area contributed by atoms with Crippen molar-refractivity contribution in [3.63, 3.8) is 0 Å². The van der Waals surface area contributed by atoms with Gasteiger partial charge in [0.15, 0.2) is 11.5 Å². The van der Waals surface area contributed by atoms with E-state index in [1.54, 1.807) is 19.5 Å². The van der Waals surface area contributed by atoms with E-state index >= 15 is 0 Å². The zero-order valence-corrected chi connectivity index (χ0v) is 18.6. The first-order valence-electron chi connectivity index (χ1n) is 10.7. The van der Waals surface area contributed by atoms with Crippen LogP contribution in [0.2, 0.25) is 0 Å². The zero-order valence-electron chi connectivity index (χ0n) is 18.6. The lowest BCUT2D eigenvalue weighted by Gasteiger charge is -2.16. The fraction of sp³-hybridized carbons (Fsp3) is 0.231. The van der Waals surface area contributed by atoms with Gasteiger partial charge in [-0.2, -0.15) is 0 Å². The summed E-state index contributed by atoms with van der Waals surface area (Å²) in [5, 5.41) is 0.564. The minimum Gasteiger partial charge on any atom is -0.493 e. The third-order valence-corrected chi connectivity index (χ3v) is 5.56. The first-order chi connectivity index (χ1) is 15.6. The van der Waals surface area contributed by atoms with Gasteiger partial charge in [-0.1, -0.05) is 43.3 Å². The van der Waals surface area contributed by atoms with Crippen molar-refractivity contribution in [3.05, 3.63) is 83.4 Å². The molecule has 0 saturated carbocycles. The fourth-order valence-electron chi connectivity index (χ4n) is 3.51. The number of fused-ring (bicyclic) bond motifs is 1. The molecule has 4 aromatic rings. The van der Waals surface area contributed by atoms with E-state index in [1.807, 2.05) is 67.7 Å². The van der Waals surface area contributed by atoms with E-state index < -0.39 is 0 Å². The summed E-state index contributed by atoms with van der Waals surface area (Å²) in [5.74, 6) is 1.23. The number of aromatic nitrogens is 2. The van der Waals surface area contributed by atoms with Gasteiger partial charge >= 0.3 is 0 Å². The molecule has 0 aliphatic heterocycles. The van der Waals surface area contributed by atoms with E-state index in [-0.39, 0.29) is 5.56 Å². The van der Waals surface area contributed by atoms with Gasteiger partial charge in [0.25, 0.3) is 5.56 Å². The third-order valence-electron chi connectivity index (χ3n) is 5.56. The van der Waals surface area contributed by atoms with Gasteiger partial charge < -0.3 is 14.4 Å². The van der Waals surface area contributed by atoms with Gasteiger partial charge in [0.2, 0.25) is 0 Å². The molecule has 164 valence electrons. The van der Waals surface area contributed by atoms with E-state index in [9.17, 15) is 4.79 Å². The lowest BCUT2D eigenvalue weighted by atomic mass is 10.0. The zero-order chi connectivity index (χ0) is 22.5. The summed E-state index contributed by atoms with van der Waals surface area (Å²) >= 11 is 0. The van der Waals surface area contributed by atoms with Crippen molar-refractivity contribution in [2.45, 2.75) is 6.92 Å². The first kappa shape index (κ1) is 21.6. The number of ether oxygens (including phenoxy) is 2. The van der Waals surface area contributed by atoms with E-state index in [0.29, 0.717) is 34.7 Å². The minimum absolute atomic E-state index is 0.130. The lowest BCUT2D eigenvalue weighted by molar-refractivity contribution is 0.235. The highest BCUT2D eigenvalue weighted by Gasteiger charge is 2.11. The monoisotopic (exact) mass is 429 g/mol. The predicted octanol–water partition coefficient (Wildman–Crippen LogP) is 4.39. The van der Waals surface area contributed by atoms with Crippen LogP contribution in [0, 0.1) is 0 Å². The Balaban J connectivity index is 1.64. The molecule has 0 radical (unpaired) electrons. The normalized spacial score (nSPS) is 11.1. The van der Waals surface area contributed by atoms with Gasteiger partial charge in [0.1, 0.15) is 12.9 Å². The second-order valence-corrected chi connectivity index (χ2v) is 7.60. The molecule has 0 spiro atoms. The van der Waals surface area contributed by atoms with Crippen LogP contribution in [0.1, 0.15) is 6.92 Å². The van der Waals surface area contributed by atoms with Gasteiger partial charge in [0, 0.05) is 12.6 Å². The Morgan fingerprint density at radius 2 is 1.78 bits per heavy atom. The molecule has 0 fully saturated rings. The highest BCUT2D eigenvalue weighted by Crippen LogP contribution is 2.29. The lowest BCUT2D eigenvalue weighted by Crippen LogP contribution is -2.23. The van der Waals surface area contributed by atoms with Crippen LogP contribution < -0.4 is 15.0 Å². The summed E-state index contributed by atoms with van der Waals surface area (Å²) in [6, 6.07) is 21.3. The number of hydrogen-bond donors (Lipinski definition) is 0. The molecule has 3 aromatic carbocycles. The smallest absolute Gasteiger partial charge is 0.265 e. The van der Waals surface area contributed by atoms with Crippen LogP contribution in [0.5, 0.6) is 11.5 Å². The summed E-state index contributed by atoms with van der Waals surface area (Å²) in [5.41, 5.74) is 3.33. The number of benzene rings is 3. The predicted molar refractivity (Wildman–Crippen MR) is 128 cm³/mol. The van der Waals surface area contributed by atoms with Gasteiger partial charge in [0.05, 0.1) is 23.7 Å². The van der Waals surface area contributed by atoms with Gasteiger partial charge in [-0.15, -0.1) is 0 Å². The Kier molecular flexibility index (Phi) is 6.52. The van der Waals surface area contributed by atoms with Gasteiger partial charge in [-0.3, -0.25) is 9.36 Å². The molecule has 6 heteroatoms. The van der Waals surface area contributed by atoms with Crippen molar-refractivity contribution < 1.29 is 9.47 Å². The molecule has 6 nitrogen and oxygen atoms in total. The minimum atomic E-state index is -0.130. The maximum Gasteiger partial charge on any atom is 0.265 e. The van der Waals surface area contributed by atoms with E-state index in [2.05, 4.69) is 16.8 Å². The van der Waals surface area contributed by atoms with Crippen LogP contribution in [0.4, 0.5) is 0 Å². The molecular weight excluding hydrogens is 402 g/mol. The number of methoxy groups -OCH3 is 1. The molecular formula is C26H27N3O3. The SMILES string of the molecule is CCN(C)CCOc1ccc(-n2cnc3cc(-c4ccccc4)ccc3c2=O)cc1OC. The molecule has 0 atom stereocenters. The van der Waals surface area contributed by atoms with Crippen LogP contribution in [-0.2, 0) is 0 Å². The highest BCUT2D eigenvalue weighted by molar-refractivity contribution is 5.83. The second kappa shape index (κ2) is 9.66. The topological polar surface area (TPSA) is 56.6 Å². The molecule has 0 unspecified atom stereocenters. The molecule has 1 aromatic heterocycles. The Morgan fingerprint density at radius 3 is 2.53 bits per heavy atom. The van der Waals surface area contributed by atoms with E-state index in [0.717, 1.165) is 24.2 Å². The molecule has 0 aliphatic carbocycles. The Morgan fingerprint density at radius 1 is 0.969 bits per heavy atom. The van der Waals surface area contributed by atoms with Crippen molar-refractivity contribution in [1.29, 1.82) is 0 Å². The summed E-state index contributed by atoms with van der Waals surface area (Å²) in [6.45, 7) is 4.44. The summed E-state index contributed by atoms with van der Waals surface area (Å²) in [7, 11) is 3.64. The van der Waals surface area contributed by atoms with Crippen molar-refractivity contribution in [3.8, 4) is 28.3 Å². The Hall–Kier alpha value is -3.64. The highest BCUT2D eigenvalue weighted by atomic mass is 16.5. The molecule has 32 heavy (non-hydrogen) atoms. The fourth-order valence-corrected chi connectivity index (χ4v) is 3.51. The number of likely N-dealkylation sites (N-methyl/N-ethyl adjacent to an activating group) is 1. The van der Waals surface area contributed by atoms with Crippen LogP contribution >= 0.6 is 0 Å². The standard InChI is InChI=1S/C26H27N3O3/c1-4-28(2)14-15-32-24-13-11-21(17-25(24)31-3)29-18-27-23-16-20(10-12-22(23)26(29)30)19-8-6-5-7-9-19/h5-13,16-18H,4,14-15H2,1-3H3. The largest absolute Gasteiger partial charge is 0.493 e. The molecule has 0 bridgehead atoms. The Labute approximate surface area is 187 Å². The maximum atomic E-state index is 13.2. The van der Waals surface area contributed by atoms with Crippen molar-refractivity contribution >= 4 is 10.9 Å². The average Bonchev–Trinajstić information content (AvgIpc) is 2.84. The molecule has 4 rings (SSSR count). The van der Waals surface area contributed by atoms with Crippen molar-refractivity contribution in [1.82, 2.24) is 14.5 Å². The first-order valence-corrected chi connectivity index (χ1v) is 10.7. The number of hydrogen-bond acceptors (Lipinski definition) is 5. The quantitative estimate of drug-likeness (QED) is 0.416. The van der Waals surface area contributed by atoms with E-state index in [4.69, 9.17) is 9.47 Å². The molecule has 0 amide bonds. The summed E-state index contributed by atoms with van der Waals surface area (Å²) in [6.07, 6.45) is 1.56. The maximum absolute atomic E-state index is 13.2. The van der Waals surface area contributed by atoms with E-state index in [1.165, 1.54) is 4.57 Å². The second-order valence-electron chi connectivity index (χ2n) is 7.60. The van der Waals surface area contributed by atoms with Gasteiger partial charge in [-0.25, -0.2) is 4.98 Å². The van der Waals surface area contributed by atoms with Crippen LogP contribution in [0.3, 0.4) is 0 Å². The van der Waals surface area contributed by atoms with Crippen LogP contribution in [0.15, 0.2) is 77.9 Å². The molecule has 1 heterocycles. The molecule has 0 N–H and O–H groups in total. The molecule has 0 saturated heterocycles.